The lowest BCUT2D eigenvalue weighted by Gasteiger charge is -2.17. The number of nitrogens with zero attached hydrogens (tertiary/aromatic N) is 2. The minimum atomic E-state index is -2.68. The van der Waals surface area contributed by atoms with Gasteiger partial charge < -0.3 is 15.2 Å². The number of benzene rings is 1. The summed E-state index contributed by atoms with van der Waals surface area (Å²) in [6.45, 7) is 2.89. The summed E-state index contributed by atoms with van der Waals surface area (Å²) in [5.41, 5.74) is 6.22. The van der Waals surface area contributed by atoms with Crippen molar-refractivity contribution in [3.8, 4) is 11.5 Å². The predicted molar refractivity (Wildman–Crippen MR) is 90.8 cm³/mol. The SMILES string of the molecule is COc1cc(CN2CC(C)C(N)C2)c([N+](=O)[O-])cc1OCC(F)F.Cl. The standard InChI is InChI=1S/C15H21F2N3O4.ClH/c1-9-5-19(7-11(9)18)6-10-3-13(23-2)14(24-8-15(16)17)4-12(10)20(21)22;/h3-4,9,11,15H,5-8,18H2,1-2H3;1H. The van der Waals surface area contributed by atoms with Gasteiger partial charge in [0, 0.05) is 31.2 Å². The van der Waals surface area contributed by atoms with E-state index in [4.69, 9.17) is 15.2 Å². The highest BCUT2D eigenvalue weighted by Gasteiger charge is 2.29. The molecule has 1 aliphatic heterocycles. The molecule has 0 aromatic heterocycles. The van der Waals surface area contributed by atoms with Gasteiger partial charge in [-0.05, 0) is 12.0 Å². The summed E-state index contributed by atoms with van der Waals surface area (Å²) in [7, 11) is 1.36. The van der Waals surface area contributed by atoms with Crippen molar-refractivity contribution in [3.63, 3.8) is 0 Å². The summed E-state index contributed by atoms with van der Waals surface area (Å²) in [4.78, 5) is 12.8. The van der Waals surface area contributed by atoms with Gasteiger partial charge in [0.25, 0.3) is 12.1 Å². The third kappa shape index (κ3) is 5.38. The van der Waals surface area contributed by atoms with Crippen LogP contribution < -0.4 is 15.2 Å². The number of hydrogen-bond acceptors (Lipinski definition) is 6. The Hall–Kier alpha value is -1.71. The van der Waals surface area contributed by atoms with E-state index >= 15 is 0 Å². The highest BCUT2D eigenvalue weighted by atomic mass is 35.5. The molecule has 1 saturated heterocycles. The fourth-order valence-corrected chi connectivity index (χ4v) is 2.78. The molecule has 1 fully saturated rings. The summed E-state index contributed by atoms with van der Waals surface area (Å²) in [6, 6.07) is 2.63. The maximum atomic E-state index is 12.3. The van der Waals surface area contributed by atoms with Gasteiger partial charge in [0.1, 0.15) is 6.61 Å². The number of halogens is 3. The van der Waals surface area contributed by atoms with Crippen molar-refractivity contribution in [2.75, 3.05) is 26.8 Å². The molecular formula is C15H22ClF2N3O4. The fraction of sp³-hybridized carbons (Fsp3) is 0.600. The van der Waals surface area contributed by atoms with Crippen LogP contribution >= 0.6 is 12.4 Å². The van der Waals surface area contributed by atoms with Gasteiger partial charge in [0.15, 0.2) is 11.5 Å². The lowest BCUT2D eigenvalue weighted by molar-refractivity contribution is -0.385. The molecule has 1 aliphatic rings. The van der Waals surface area contributed by atoms with Gasteiger partial charge in [-0.3, -0.25) is 15.0 Å². The van der Waals surface area contributed by atoms with Crippen LogP contribution in [0.15, 0.2) is 12.1 Å². The lowest BCUT2D eigenvalue weighted by atomic mass is 10.1. The maximum Gasteiger partial charge on any atom is 0.277 e. The Morgan fingerprint density at radius 1 is 1.40 bits per heavy atom. The van der Waals surface area contributed by atoms with Crippen molar-refractivity contribution in [2.45, 2.75) is 25.9 Å². The number of methoxy groups -OCH3 is 1. The van der Waals surface area contributed by atoms with Crippen LogP contribution in [0.2, 0.25) is 0 Å². The Morgan fingerprint density at radius 3 is 2.56 bits per heavy atom. The number of rotatable bonds is 7. The molecule has 2 rings (SSSR count). The average molecular weight is 382 g/mol. The number of nitro groups is 1. The zero-order valence-corrected chi connectivity index (χ0v) is 14.8. The first-order valence-electron chi connectivity index (χ1n) is 7.56. The van der Waals surface area contributed by atoms with Crippen LogP contribution in [0.25, 0.3) is 0 Å². The van der Waals surface area contributed by atoms with Crippen LogP contribution in [0, 0.1) is 16.0 Å². The quantitative estimate of drug-likeness (QED) is 0.576. The second-order valence-corrected chi connectivity index (χ2v) is 5.93. The number of hydrogen-bond donors (Lipinski definition) is 1. The highest BCUT2D eigenvalue weighted by Crippen LogP contribution is 2.36. The lowest BCUT2D eigenvalue weighted by Crippen LogP contribution is -2.28. The number of ether oxygens (including phenoxy) is 2. The van der Waals surface area contributed by atoms with Crippen molar-refractivity contribution in [2.24, 2.45) is 11.7 Å². The van der Waals surface area contributed by atoms with Gasteiger partial charge in [0.05, 0.1) is 18.1 Å². The molecule has 0 aliphatic carbocycles. The highest BCUT2D eigenvalue weighted by molar-refractivity contribution is 5.85. The summed E-state index contributed by atoms with van der Waals surface area (Å²) >= 11 is 0. The summed E-state index contributed by atoms with van der Waals surface area (Å²) in [6.07, 6.45) is -2.68. The molecule has 0 bridgehead atoms. The van der Waals surface area contributed by atoms with E-state index in [2.05, 4.69) is 0 Å². The minimum Gasteiger partial charge on any atom is -0.493 e. The van der Waals surface area contributed by atoms with Crippen LogP contribution in [0.5, 0.6) is 11.5 Å². The summed E-state index contributed by atoms with van der Waals surface area (Å²) < 4.78 is 34.7. The largest absolute Gasteiger partial charge is 0.493 e. The molecule has 1 aromatic rings. The number of likely N-dealkylation sites (tertiary alicyclic amines) is 1. The smallest absolute Gasteiger partial charge is 0.277 e. The maximum absolute atomic E-state index is 12.3. The molecule has 2 N–H and O–H groups in total. The van der Waals surface area contributed by atoms with E-state index in [1.807, 2.05) is 11.8 Å². The second kappa shape index (κ2) is 9.12. The van der Waals surface area contributed by atoms with Crippen LogP contribution in [-0.4, -0.2) is 49.1 Å². The molecule has 0 radical (unpaired) electrons. The summed E-state index contributed by atoms with van der Waals surface area (Å²) in [5.74, 6) is 0.423. The molecule has 0 amide bonds. The van der Waals surface area contributed by atoms with Crippen LogP contribution in [0.3, 0.4) is 0 Å². The van der Waals surface area contributed by atoms with Crippen LogP contribution in [0.1, 0.15) is 12.5 Å². The van der Waals surface area contributed by atoms with Crippen molar-refractivity contribution in [3.05, 3.63) is 27.8 Å². The van der Waals surface area contributed by atoms with E-state index in [1.54, 1.807) is 0 Å². The predicted octanol–water partition coefficient (Wildman–Crippen LogP) is 2.45. The van der Waals surface area contributed by atoms with E-state index in [0.29, 0.717) is 24.6 Å². The Balaban J connectivity index is 0.00000312. The molecule has 2 unspecified atom stereocenters. The first-order valence-corrected chi connectivity index (χ1v) is 7.56. The van der Waals surface area contributed by atoms with Crippen LogP contribution in [0.4, 0.5) is 14.5 Å². The molecule has 0 spiro atoms. The van der Waals surface area contributed by atoms with Gasteiger partial charge in [-0.25, -0.2) is 8.78 Å². The molecule has 142 valence electrons. The van der Waals surface area contributed by atoms with Gasteiger partial charge in [-0.15, -0.1) is 12.4 Å². The zero-order valence-electron chi connectivity index (χ0n) is 14.0. The second-order valence-electron chi connectivity index (χ2n) is 5.93. The molecule has 1 aromatic carbocycles. The first-order chi connectivity index (χ1) is 11.3. The number of nitrogens with two attached hydrogens (primary N) is 1. The normalized spacial score (nSPS) is 20.4. The van der Waals surface area contributed by atoms with Gasteiger partial charge >= 0.3 is 0 Å². The molecule has 10 heteroatoms. The third-order valence-electron chi connectivity index (χ3n) is 4.07. The summed E-state index contributed by atoms with van der Waals surface area (Å²) in [5, 5.41) is 11.3. The Bertz CT molecular complexity index is 596. The van der Waals surface area contributed by atoms with E-state index < -0.39 is 18.0 Å². The Labute approximate surface area is 150 Å². The topological polar surface area (TPSA) is 90.9 Å². The Morgan fingerprint density at radius 2 is 2.08 bits per heavy atom. The van der Waals surface area contributed by atoms with Gasteiger partial charge in [-0.1, -0.05) is 6.92 Å². The number of nitro benzene ring substituents is 1. The molecule has 7 nitrogen and oxygen atoms in total. The van der Waals surface area contributed by atoms with Crippen molar-refractivity contribution in [1.29, 1.82) is 0 Å². The van der Waals surface area contributed by atoms with Gasteiger partial charge in [0.2, 0.25) is 0 Å². The van der Waals surface area contributed by atoms with E-state index in [9.17, 15) is 18.9 Å². The third-order valence-corrected chi connectivity index (χ3v) is 4.07. The van der Waals surface area contributed by atoms with Crippen molar-refractivity contribution in [1.82, 2.24) is 4.90 Å². The minimum absolute atomic E-state index is 0. The molecule has 1 heterocycles. The number of alkyl halides is 2. The molecule has 2 atom stereocenters. The van der Waals surface area contributed by atoms with E-state index in [1.165, 1.54) is 13.2 Å². The molecule has 0 saturated carbocycles. The van der Waals surface area contributed by atoms with Crippen LogP contribution in [-0.2, 0) is 6.54 Å². The Kier molecular flexibility index (Phi) is 7.78. The fourth-order valence-electron chi connectivity index (χ4n) is 2.78. The van der Waals surface area contributed by atoms with Crippen molar-refractivity contribution >= 4 is 18.1 Å². The van der Waals surface area contributed by atoms with E-state index in [-0.39, 0.29) is 35.6 Å². The monoisotopic (exact) mass is 381 g/mol. The average Bonchev–Trinajstić information content (AvgIpc) is 2.82. The van der Waals surface area contributed by atoms with E-state index in [0.717, 1.165) is 12.6 Å². The van der Waals surface area contributed by atoms with Gasteiger partial charge in [-0.2, -0.15) is 0 Å². The molecular weight excluding hydrogens is 360 g/mol. The zero-order chi connectivity index (χ0) is 17.9. The first kappa shape index (κ1) is 21.3. The van der Waals surface area contributed by atoms with Crippen molar-refractivity contribution < 1.29 is 23.2 Å². The molecule has 25 heavy (non-hydrogen) atoms.